The van der Waals surface area contributed by atoms with Crippen LogP contribution in [-0.4, -0.2) is 12.6 Å². The Labute approximate surface area is 120 Å². The highest BCUT2D eigenvalue weighted by atomic mass is 32.1. The summed E-state index contributed by atoms with van der Waals surface area (Å²) in [5, 5.41) is 2.12. The first-order valence-electron chi connectivity index (χ1n) is 7.16. The summed E-state index contributed by atoms with van der Waals surface area (Å²) in [4.78, 5) is 12.5. The number of aryl methyl sites for hydroxylation is 1. The highest BCUT2D eigenvalue weighted by molar-refractivity contribution is 7.11. The van der Waals surface area contributed by atoms with Crippen molar-refractivity contribution in [3.8, 4) is 0 Å². The highest BCUT2D eigenvalue weighted by Gasteiger charge is 2.02. The molecule has 1 aromatic heterocycles. The van der Waals surface area contributed by atoms with Gasteiger partial charge in [-0.15, -0.1) is 11.3 Å². The fraction of sp³-hybridized carbons (Fsp3) is 0.562. The maximum atomic E-state index is 11.2. The number of hydrogen-bond acceptors (Lipinski definition) is 3. The Kier molecular flexibility index (Phi) is 8.23. The molecule has 0 unspecified atom stereocenters. The van der Waals surface area contributed by atoms with Gasteiger partial charge in [-0.25, -0.2) is 0 Å². The van der Waals surface area contributed by atoms with Crippen LogP contribution in [0.25, 0.3) is 6.08 Å². The first kappa shape index (κ1) is 16.0. The largest absolute Gasteiger partial charge is 0.466 e. The molecule has 0 bridgehead atoms. The molecule has 0 aliphatic heterocycles. The lowest BCUT2D eigenvalue weighted by atomic mass is 10.1. The smallest absolute Gasteiger partial charge is 0.309 e. The normalized spacial score (nSPS) is 11.1. The highest BCUT2D eigenvalue weighted by Crippen LogP contribution is 2.21. The van der Waals surface area contributed by atoms with Crippen LogP contribution in [0.1, 0.15) is 56.4 Å². The topological polar surface area (TPSA) is 26.3 Å². The van der Waals surface area contributed by atoms with E-state index in [1.54, 1.807) is 11.3 Å². The summed E-state index contributed by atoms with van der Waals surface area (Å²) in [6.45, 7) is 4.51. The Morgan fingerprint density at radius 3 is 2.89 bits per heavy atom. The quantitative estimate of drug-likeness (QED) is 0.478. The second kappa shape index (κ2) is 9.79. The van der Waals surface area contributed by atoms with Gasteiger partial charge < -0.3 is 4.74 Å². The Morgan fingerprint density at radius 2 is 2.16 bits per heavy atom. The molecule has 0 aromatic carbocycles. The van der Waals surface area contributed by atoms with Gasteiger partial charge in [0.15, 0.2) is 0 Å². The van der Waals surface area contributed by atoms with Crippen molar-refractivity contribution in [3.05, 3.63) is 28.0 Å². The minimum atomic E-state index is -0.153. The zero-order chi connectivity index (χ0) is 13.9. The van der Waals surface area contributed by atoms with E-state index in [-0.39, 0.29) is 5.97 Å². The maximum Gasteiger partial charge on any atom is 0.309 e. The molecule has 2 nitrogen and oxygen atoms in total. The molecule has 19 heavy (non-hydrogen) atoms. The van der Waals surface area contributed by atoms with Gasteiger partial charge in [0.1, 0.15) is 0 Å². The molecule has 0 aliphatic carbocycles. The van der Waals surface area contributed by atoms with Gasteiger partial charge in [-0.05, 0) is 42.9 Å². The Bertz CT molecular complexity index is 393. The minimum absolute atomic E-state index is 0.153. The predicted molar refractivity (Wildman–Crippen MR) is 82.4 cm³/mol. The zero-order valence-electron chi connectivity index (χ0n) is 12.0. The van der Waals surface area contributed by atoms with E-state index in [1.165, 1.54) is 36.1 Å². The number of unbranched alkanes of at least 4 members (excludes halogenated alkanes) is 3. The first-order valence-corrected chi connectivity index (χ1v) is 8.04. The van der Waals surface area contributed by atoms with E-state index in [4.69, 9.17) is 4.74 Å². The Hall–Kier alpha value is -1.09. The summed E-state index contributed by atoms with van der Waals surface area (Å²) in [5.41, 5.74) is 1.40. The van der Waals surface area contributed by atoms with Gasteiger partial charge in [0.2, 0.25) is 0 Å². The molecule has 0 aliphatic rings. The summed E-state index contributed by atoms with van der Waals surface area (Å²) in [5.74, 6) is -0.153. The predicted octanol–water partition coefficient (Wildman–Crippen LogP) is 4.84. The first-order chi connectivity index (χ1) is 9.27. The van der Waals surface area contributed by atoms with Crippen molar-refractivity contribution in [1.29, 1.82) is 0 Å². The van der Waals surface area contributed by atoms with E-state index < -0.39 is 0 Å². The van der Waals surface area contributed by atoms with Gasteiger partial charge in [-0.1, -0.05) is 32.3 Å². The van der Waals surface area contributed by atoms with Crippen LogP contribution in [0.2, 0.25) is 0 Å². The number of hydrogen-bond donors (Lipinski definition) is 0. The van der Waals surface area contributed by atoms with Gasteiger partial charge in [0, 0.05) is 4.88 Å². The van der Waals surface area contributed by atoms with E-state index in [0.717, 1.165) is 6.42 Å². The molecular weight excluding hydrogens is 256 g/mol. The number of rotatable bonds is 9. The average molecular weight is 280 g/mol. The van der Waals surface area contributed by atoms with Crippen molar-refractivity contribution in [2.45, 2.75) is 52.4 Å². The molecule has 1 aromatic rings. The number of carbonyl (C=O) groups excluding carboxylic acids is 1. The van der Waals surface area contributed by atoms with Gasteiger partial charge in [-0.3, -0.25) is 4.79 Å². The molecule has 0 radical (unpaired) electrons. The summed E-state index contributed by atoms with van der Waals surface area (Å²) in [7, 11) is 0. The van der Waals surface area contributed by atoms with Crippen LogP contribution in [-0.2, 0) is 16.0 Å². The molecule has 0 spiro atoms. The minimum Gasteiger partial charge on any atom is -0.466 e. The summed E-state index contributed by atoms with van der Waals surface area (Å²) in [6.07, 6.45) is 10.6. The van der Waals surface area contributed by atoms with Gasteiger partial charge in [-0.2, -0.15) is 0 Å². The van der Waals surface area contributed by atoms with E-state index in [2.05, 4.69) is 24.4 Å². The monoisotopic (exact) mass is 280 g/mol. The lowest BCUT2D eigenvalue weighted by molar-refractivity contribution is -0.142. The molecule has 106 valence electrons. The van der Waals surface area contributed by atoms with Crippen molar-refractivity contribution < 1.29 is 9.53 Å². The lowest BCUT2D eigenvalue weighted by Gasteiger charge is -2.00. The van der Waals surface area contributed by atoms with Crippen molar-refractivity contribution in [1.82, 2.24) is 0 Å². The molecule has 0 saturated heterocycles. The van der Waals surface area contributed by atoms with Crippen molar-refractivity contribution in [2.24, 2.45) is 0 Å². The molecular formula is C16H24O2S. The van der Waals surface area contributed by atoms with Crippen LogP contribution in [0.15, 0.2) is 17.5 Å². The zero-order valence-corrected chi connectivity index (χ0v) is 12.8. The summed E-state index contributed by atoms with van der Waals surface area (Å²) >= 11 is 1.74. The van der Waals surface area contributed by atoms with Gasteiger partial charge >= 0.3 is 5.97 Å². The second-order valence-electron chi connectivity index (χ2n) is 4.53. The number of carbonyl (C=O) groups is 1. The van der Waals surface area contributed by atoms with E-state index >= 15 is 0 Å². The van der Waals surface area contributed by atoms with Gasteiger partial charge in [0.25, 0.3) is 0 Å². The number of ether oxygens (including phenoxy) is 1. The molecule has 1 heterocycles. The third-order valence-electron chi connectivity index (χ3n) is 2.94. The van der Waals surface area contributed by atoms with E-state index in [0.29, 0.717) is 13.0 Å². The van der Waals surface area contributed by atoms with Crippen LogP contribution in [0.5, 0.6) is 0 Å². The molecule has 3 heteroatoms. The third-order valence-corrected chi connectivity index (χ3v) is 3.86. The average Bonchev–Trinajstić information content (AvgIpc) is 2.83. The van der Waals surface area contributed by atoms with Crippen LogP contribution in [0.4, 0.5) is 0 Å². The molecule has 1 rings (SSSR count). The number of esters is 1. The Balaban J connectivity index is 2.39. The molecule has 0 saturated carbocycles. The summed E-state index contributed by atoms with van der Waals surface area (Å²) < 4.78 is 4.90. The Morgan fingerprint density at radius 1 is 1.32 bits per heavy atom. The van der Waals surface area contributed by atoms with Crippen LogP contribution in [0, 0.1) is 0 Å². The lowest BCUT2D eigenvalue weighted by Crippen LogP contribution is -2.01. The van der Waals surface area contributed by atoms with Crippen molar-refractivity contribution in [3.63, 3.8) is 0 Å². The van der Waals surface area contributed by atoms with Crippen LogP contribution in [0.3, 0.4) is 0 Å². The van der Waals surface area contributed by atoms with Crippen LogP contribution >= 0.6 is 11.3 Å². The molecule has 0 amide bonds. The standard InChI is InChI=1S/C16H24O2S/c1-3-5-6-7-9-14-12-13-19-15(14)10-8-11-16(17)18-4-2/h8,10,12-13H,3-7,9,11H2,1-2H3. The fourth-order valence-electron chi connectivity index (χ4n) is 1.92. The molecule has 0 N–H and O–H groups in total. The number of thiophene rings is 1. The van der Waals surface area contributed by atoms with E-state index in [9.17, 15) is 4.79 Å². The maximum absolute atomic E-state index is 11.2. The third kappa shape index (κ3) is 6.58. The van der Waals surface area contributed by atoms with Crippen LogP contribution < -0.4 is 0 Å². The molecule has 0 fully saturated rings. The molecule has 0 atom stereocenters. The SMILES string of the molecule is CCCCCCc1ccsc1C=CCC(=O)OCC. The van der Waals surface area contributed by atoms with E-state index in [1.807, 2.05) is 13.0 Å². The van der Waals surface area contributed by atoms with Gasteiger partial charge in [0.05, 0.1) is 13.0 Å². The fourth-order valence-corrected chi connectivity index (χ4v) is 2.80. The van der Waals surface area contributed by atoms with Crippen molar-refractivity contribution in [2.75, 3.05) is 6.61 Å². The second-order valence-corrected chi connectivity index (χ2v) is 5.48. The summed E-state index contributed by atoms with van der Waals surface area (Å²) in [6, 6.07) is 2.20. The van der Waals surface area contributed by atoms with Crippen molar-refractivity contribution >= 4 is 23.4 Å².